The second-order valence-corrected chi connectivity index (χ2v) is 6.55. The Bertz CT molecular complexity index is 1060. The summed E-state index contributed by atoms with van der Waals surface area (Å²) < 4.78 is 15.8. The number of benzene rings is 2. The van der Waals surface area contributed by atoms with Crippen LogP contribution in [-0.4, -0.2) is 37.1 Å². The minimum Gasteiger partial charge on any atom is -0.486 e. The van der Waals surface area contributed by atoms with Crippen molar-refractivity contribution in [3.05, 3.63) is 58.2 Å². The zero-order valence-corrected chi connectivity index (χ0v) is 15.3. The molecule has 0 bridgehead atoms. The Morgan fingerprint density at radius 3 is 2.67 bits per heavy atom. The average Bonchev–Trinajstić information content (AvgIpc) is 3.04. The molecule has 1 aliphatic heterocycles. The maximum Gasteiger partial charge on any atom is 0.310 e. The Morgan fingerprint density at radius 1 is 1.11 bits per heavy atom. The van der Waals surface area contributed by atoms with E-state index in [1.807, 2.05) is 0 Å². The van der Waals surface area contributed by atoms with Gasteiger partial charge < -0.3 is 19.2 Å². The van der Waals surface area contributed by atoms with Gasteiger partial charge in [0.2, 0.25) is 5.78 Å². The molecule has 7 heteroatoms. The molecule has 0 fully saturated rings. The van der Waals surface area contributed by atoms with Crippen molar-refractivity contribution in [2.24, 2.45) is 0 Å². The van der Waals surface area contributed by atoms with Crippen LogP contribution in [0.15, 0.2) is 36.4 Å². The number of carbonyl (C=O) groups excluding carboxylic acids is 2. The second kappa shape index (κ2) is 6.96. The summed E-state index contributed by atoms with van der Waals surface area (Å²) >= 11 is 6.06. The lowest BCUT2D eigenvalue weighted by Gasteiger charge is -2.18. The largest absolute Gasteiger partial charge is 0.486 e. The number of H-pyrrole nitrogens is 1. The predicted molar refractivity (Wildman–Crippen MR) is 99.9 cm³/mol. The van der Waals surface area contributed by atoms with Gasteiger partial charge in [0.15, 0.2) is 11.5 Å². The van der Waals surface area contributed by atoms with Crippen LogP contribution in [0.25, 0.3) is 10.9 Å². The Balaban J connectivity index is 1.81. The van der Waals surface area contributed by atoms with Crippen molar-refractivity contribution in [1.29, 1.82) is 0 Å². The third-order valence-electron chi connectivity index (χ3n) is 4.45. The number of hydrogen-bond acceptors (Lipinski definition) is 5. The zero-order chi connectivity index (χ0) is 19.0. The summed E-state index contributed by atoms with van der Waals surface area (Å²) in [6, 6.07) is 10.3. The highest BCUT2D eigenvalue weighted by atomic mass is 35.5. The molecule has 1 N–H and O–H groups in total. The quantitative estimate of drug-likeness (QED) is 0.549. The maximum atomic E-state index is 13.2. The number of methoxy groups -OCH3 is 1. The Labute approximate surface area is 160 Å². The van der Waals surface area contributed by atoms with Crippen molar-refractivity contribution < 1.29 is 23.8 Å². The van der Waals surface area contributed by atoms with Crippen LogP contribution in [-0.2, 0) is 16.0 Å². The third-order valence-corrected chi connectivity index (χ3v) is 4.68. The van der Waals surface area contributed by atoms with Gasteiger partial charge in [-0.1, -0.05) is 17.7 Å². The fourth-order valence-electron chi connectivity index (χ4n) is 3.15. The van der Waals surface area contributed by atoms with E-state index in [0.717, 1.165) is 5.39 Å². The topological polar surface area (TPSA) is 77.6 Å². The van der Waals surface area contributed by atoms with Gasteiger partial charge in [0, 0.05) is 27.1 Å². The highest BCUT2D eigenvalue weighted by Crippen LogP contribution is 2.33. The zero-order valence-electron chi connectivity index (χ0n) is 14.5. The van der Waals surface area contributed by atoms with Gasteiger partial charge in [0.1, 0.15) is 13.2 Å². The fraction of sp³-hybridized carbons (Fsp3) is 0.200. The van der Waals surface area contributed by atoms with Crippen molar-refractivity contribution >= 4 is 34.3 Å². The van der Waals surface area contributed by atoms with E-state index in [0.29, 0.717) is 52.1 Å². The molecule has 0 aliphatic carbocycles. The summed E-state index contributed by atoms with van der Waals surface area (Å²) in [5.41, 5.74) is 2.02. The molecule has 27 heavy (non-hydrogen) atoms. The molecule has 0 saturated heterocycles. The Hall–Kier alpha value is -2.99. The van der Waals surface area contributed by atoms with Gasteiger partial charge in [0.25, 0.3) is 0 Å². The summed E-state index contributed by atoms with van der Waals surface area (Å²) in [4.78, 5) is 28.1. The van der Waals surface area contributed by atoms with E-state index in [2.05, 4.69) is 4.98 Å². The van der Waals surface area contributed by atoms with Gasteiger partial charge in [-0.2, -0.15) is 0 Å². The number of rotatable bonds is 4. The van der Waals surface area contributed by atoms with E-state index in [1.165, 1.54) is 7.11 Å². The molecule has 0 spiro atoms. The van der Waals surface area contributed by atoms with Crippen LogP contribution in [0.4, 0.5) is 0 Å². The van der Waals surface area contributed by atoms with E-state index < -0.39 is 5.97 Å². The van der Waals surface area contributed by atoms with Crippen LogP contribution in [0.1, 0.15) is 21.6 Å². The normalized spacial score (nSPS) is 12.8. The number of esters is 1. The Morgan fingerprint density at radius 2 is 1.89 bits per heavy atom. The molecule has 0 saturated carbocycles. The number of halogens is 1. The predicted octanol–water partition coefficient (Wildman–Crippen LogP) is 3.54. The summed E-state index contributed by atoms with van der Waals surface area (Å²) in [6.45, 7) is 0.912. The van der Waals surface area contributed by atoms with E-state index in [9.17, 15) is 9.59 Å². The van der Waals surface area contributed by atoms with E-state index in [1.54, 1.807) is 36.4 Å². The first-order valence-electron chi connectivity index (χ1n) is 8.38. The van der Waals surface area contributed by atoms with Crippen molar-refractivity contribution in [2.45, 2.75) is 6.42 Å². The highest BCUT2D eigenvalue weighted by molar-refractivity contribution is 6.31. The lowest BCUT2D eigenvalue weighted by molar-refractivity contribution is -0.139. The summed E-state index contributed by atoms with van der Waals surface area (Å²) in [6.07, 6.45) is -0.0241. The van der Waals surface area contributed by atoms with Crippen molar-refractivity contribution in [3.8, 4) is 11.5 Å². The summed E-state index contributed by atoms with van der Waals surface area (Å²) in [5.74, 6) is 0.456. The minimum atomic E-state index is -0.429. The summed E-state index contributed by atoms with van der Waals surface area (Å²) in [5, 5.41) is 1.29. The monoisotopic (exact) mass is 385 g/mol. The number of ether oxygens (including phenoxy) is 3. The molecule has 0 radical (unpaired) electrons. The van der Waals surface area contributed by atoms with Crippen LogP contribution in [0.5, 0.6) is 11.5 Å². The number of aromatic amines is 1. The number of nitrogens with one attached hydrogen (secondary N) is 1. The fourth-order valence-corrected chi connectivity index (χ4v) is 3.32. The number of aromatic nitrogens is 1. The van der Waals surface area contributed by atoms with Gasteiger partial charge in [-0.15, -0.1) is 0 Å². The third kappa shape index (κ3) is 3.24. The van der Waals surface area contributed by atoms with Crippen molar-refractivity contribution in [3.63, 3.8) is 0 Å². The maximum absolute atomic E-state index is 13.2. The smallest absolute Gasteiger partial charge is 0.310 e. The van der Waals surface area contributed by atoms with Gasteiger partial charge >= 0.3 is 5.97 Å². The number of fused-ring (bicyclic) bond motifs is 2. The molecule has 138 valence electrons. The second-order valence-electron chi connectivity index (χ2n) is 6.11. The molecule has 1 aliphatic rings. The van der Waals surface area contributed by atoms with Crippen LogP contribution < -0.4 is 9.47 Å². The number of hydrogen-bond donors (Lipinski definition) is 1. The van der Waals surface area contributed by atoms with Crippen molar-refractivity contribution in [2.75, 3.05) is 20.3 Å². The molecule has 0 amide bonds. The van der Waals surface area contributed by atoms with Gasteiger partial charge in [-0.25, -0.2) is 0 Å². The van der Waals surface area contributed by atoms with Crippen LogP contribution >= 0.6 is 11.6 Å². The minimum absolute atomic E-state index is 0.0241. The molecule has 4 rings (SSSR count). The molecular weight excluding hydrogens is 370 g/mol. The molecule has 2 heterocycles. The van der Waals surface area contributed by atoms with Crippen molar-refractivity contribution in [1.82, 2.24) is 4.98 Å². The average molecular weight is 386 g/mol. The Kier molecular flexibility index (Phi) is 4.49. The van der Waals surface area contributed by atoms with E-state index >= 15 is 0 Å². The molecule has 2 aromatic carbocycles. The number of carbonyl (C=O) groups is 2. The first-order valence-corrected chi connectivity index (χ1v) is 8.76. The molecular formula is C20H16ClNO5. The molecule has 3 aromatic rings. The van der Waals surface area contributed by atoms with Gasteiger partial charge in [-0.05, 0) is 30.3 Å². The molecule has 0 atom stereocenters. The van der Waals surface area contributed by atoms with E-state index in [4.69, 9.17) is 25.8 Å². The highest BCUT2D eigenvalue weighted by Gasteiger charge is 2.23. The first kappa shape index (κ1) is 17.4. The van der Waals surface area contributed by atoms with E-state index in [-0.39, 0.29) is 12.2 Å². The molecule has 6 nitrogen and oxygen atoms in total. The van der Waals surface area contributed by atoms with Crippen LogP contribution in [0, 0.1) is 0 Å². The summed E-state index contributed by atoms with van der Waals surface area (Å²) in [7, 11) is 1.32. The standard InChI is InChI=1S/C20H16ClNO5/c1-25-18(23)10-14-13-4-3-12(21)9-15(13)22-19(14)20(24)11-2-5-16-17(8-11)27-7-6-26-16/h2-5,8-9,22H,6-7,10H2,1H3. The van der Waals surface area contributed by atoms with Crippen LogP contribution in [0.2, 0.25) is 5.02 Å². The first-order chi connectivity index (χ1) is 13.1. The number of ketones is 1. The van der Waals surface area contributed by atoms with Gasteiger partial charge in [0.05, 0.1) is 19.2 Å². The van der Waals surface area contributed by atoms with Gasteiger partial charge in [-0.3, -0.25) is 9.59 Å². The molecule has 1 aromatic heterocycles. The lowest BCUT2D eigenvalue weighted by Crippen LogP contribution is -2.16. The van der Waals surface area contributed by atoms with Crippen LogP contribution in [0.3, 0.4) is 0 Å². The molecule has 0 unspecified atom stereocenters. The SMILES string of the molecule is COC(=O)Cc1c(C(=O)c2ccc3c(c2)OCCO3)[nH]c2cc(Cl)ccc12. The lowest BCUT2D eigenvalue weighted by atomic mass is 10.0.